The molecule has 0 aliphatic heterocycles. The van der Waals surface area contributed by atoms with Gasteiger partial charge in [-0.25, -0.2) is 9.67 Å². The van der Waals surface area contributed by atoms with E-state index < -0.39 is 0 Å². The molecule has 0 aliphatic rings. The highest BCUT2D eigenvalue weighted by Crippen LogP contribution is 2.18. The molecule has 88 valence electrons. The highest BCUT2D eigenvalue weighted by molar-refractivity contribution is 5.69. The fourth-order valence-corrected chi connectivity index (χ4v) is 1.43. The Morgan fingerprint density at radius 3 is 2.65 bits per heavy atom. The summed E-state index contributed by atoms with van der Waals surface area (Å²) < 4.78 is 7.41. The summed E-state index contributed by atoms with van der Waals surface area (Å²) in [7, 11) is 0. The summed E-state index contributed by atoms with van der Waals surface area (Å²) in [4.78, 5) is 3.90. The second kappa shape index (κ2) is 5.30. The lowest BCUT2D eigenvalue weighted by molar-refractivity contribution is 0.205. The van der Waals surface area contributed by atoms with E-state index >= 15 is 0 Å². The van der Waals surface area contributed by atoms with Crippen molar-refractivity contribution in [3.05, 3.63) is 48.5 Å². The molecule has 0 atom stereocenters. The molecule has 0 amide bonds. The summed E-state index contributed by atoms with van der Waals surface area (Å²) in [5, 5.41) is 4.04. The Labute approximate surface area is 101 Å². The predicted octanol–water partition coefficient (Wildman–Crippen LogP) is 2.66. The molecule has 1 aromatic heterocycles. The van der Waals surface area contributed by atoms with Crippen LogP contribution >= 0.6 is 0 Å². The molecular formula is C13H15N3O. The van der Waals surface area contributed by atoms with Gasteiger partial charge in [0.1, 0.15) is 18.4 Å². The number of hydrogen-bond acceptors (Lipinski definition) is 3. The molecule has 0 unspecified atom stereocenters. The molecule has 1 heterocycles. The molecule has 2 rings (SSSR count). The number of ether oxygens (including phenoxy) is 1. The van der Waals surface area contributed by atoms with Crippen molar-refractivity contribution in [1.29, 1.82) is 0 Å². The van der Waals surface area contributed by atoms with Gasteiger partial charge in [0.05, 0.1) is 12.3 Å². The fourth-order valence-electron chi connectivity index (χ4n) is 1.43. The van der Waals surface area contributed by atoms with Gasteiger partial charge in [-0.1, -0.05) is 30.3 Å². The van der Waals surface area contributed by atoms with Crippen LogP contribution in [0.1, 0.15) is 19.4 Å². The first-order valence-electron chi connectivity index (χ1n) is 5.53. The van der Waals surface area contributed by atoms with Gasteiger partial charge < -0.3 is 4.74 Å². The Hall–Kier alpha value is -2.10. The van der Waals surface area contributed by atoms with Gasteiger partial charge in [-0.05, 0) is 13.8 Å². The van der Waals surface area contributed by atoms with Gasteiger partial charge in [-0.3, -0.25) is 0 Å². The third-order valence-corrected chi connectivity index (χ3v) is 2.11. The van der Waals surface area contributed by atoms with Gasteiger partial charge >= 0.3 is 0 Å². The van der Waals surface area contributed by atoms with Gasteiger partial charge in [0.15, 0.2) is 0 Å². The summed E-state index contributed by atoms with van der Waals surface area (Å²) >= 11 is 0. The molecule has 0 fully saturated rings. The van der Waals surface area contributed by atoms with Crippen LogP contribution in [0.15, 0.2) is 43.0 Å². The van der Waals surface area contributed by atoms with Crippen molar-refractivity contribution in [2.45, 2.75) is 20.0 Å². The largest absolute Gasteiger partial charge is 0.489 e. The van der Waals surface area contributed by atoms with Crippen molar-refractivity contribution in [2.75, 3.05) is 0 Å². The predicted molar refractivity (Wildman–Crippen MR) is 66.9 cm³/mol. The quantitative estimate of drug-likeness (QED) is 0.757. The van der Waals surface area contributed by atoms with E-state index in [0.717, 1.165) is 11.3 Å². The summed E-state index contributed by atoms with van der Waals surface area (Å²) in [5.74, 6) is 0.783. The number of benzene rings is 1. The van der Waals surface area contributed by atoms with Crippen LogP contribution < -0.4 is 0 Å². The highest BCUT2D eigenvalue weighted by Gasteiger charge is 2.05. The molecule has 0 saturated heterocycles. The van der Waals surface area contributed by atoms with Gasteiger partial charge in [0.2, 0.25) is 0 Å². The molecule has 0 bridgehead atoms. The third-order valence-electron chi connectivity index (χ3n) is 2.11. The van der Waals surface area contributed by atoms with Crippen LogP contribution in [0.2, 0.25) is 0 Å². The molecule has 0 radical (unpaired) electrons. The maximum atomic E-state index is 5.78. The van der Waals surface area contributed by atoms with Crippen LogP contribution in [0, 0.1) is 0 Å². The molecule has 4 heteroatoms. The molecule has 0 N–H and O–H groups in total. The second-order valence-electron chi connectivity index (χ2n) is 3.90. The van der Waals surface area contributed by atoms with E-state index in [1.165, 1.54) is 6.33 Å². The van der Waals surface area contributed by atoms with E-state index in [1.54, 1.807) is 11.0 Å². The van der Waals surface area contributed by atoms with Gasteiger partial charge in [-0.2, -0.15) is 5.10 Å². The number of aromatic nitrogens is 3. The lowest BCUT2D eigenvalue weighted by atomic mass is 10.2. The van der Waals surface area contributed by atoms with Crippen LogP contribution in [-0.4, -0.2) is 20.9 Å². The Morgan fingerprint density at radius 2 is 2.06 bits per heavy atom. The molecule has 17 heavy (non-hydrogen) atoms. The van der Waals surface area contributed by atoms with Crippen molar-refractivity contribution in [3.8, 4) is 0 Å². The Morgan fingerprint density at radius 1 is 1.29 bits per heavy atom. The minimum Gasteiger partial charge on any atom is -0.489 e. The Bertz CT molecular complexity index is 475. The van der Waals surface area contributed by atoms with Gasteiger partial charge in [0, 0.05) is 5.56 Å². The maximum absolute atomic E-state index is 5.78. The Balaban J connectivity index is 2.32. The topological polar surface area (TPSA) is 39.9 Å². The maximum Gasteiger partial charge on any atom is 0.145 e. The molecule has 4 nitrogen and oxygen atoms in total. The lowest BCUT2D eigenvalue weighted by Gasteiger charge is -2.13. The van der Waals surface area contributed by atoms with E-state index in [0.29, 0.717) is 0 Å². The molecule has 0 spiro atoms. The van der Waals surface area contributed by atoms with Crippen molar-refractivity contribution < 1.29 is 4.74 Å². The number of hydrogen-bond donors (Lipinski definition) is 0. The first-order valence-corrected chi connectivity index (χ1v) is 5.53. The fraction of sp³-hybridized carbons (Fsp3) is 0.231. The lowest BCUT2D eigenvalue weighted by Crippen LogP contribution is -2.03. The van der Waals surface area contributed by atoms with Crippen molar-refractivity contribution >= 4 is 12.0 Å². The van der Waals surface area contributed by atoms with Crippen molar-refractivity contribution in [2.24, 2.45) is 0 Å². The van der Waals surface area contributed by atoms with E-state index in [9.17, 15) is 0 Å². The van der Waals surface area contributed by atoms with Crippen molar-refractivity contribution in [3.63, 3.8) is 0 Å². The minimum atomic E-state index is 0.116. The van der Waals surface area contributed by atoms with Crippen LogP contribution in [0.5, 0.6) is 0 Å². The average Bonchev–Trinajstić information content (AvgIpc) is 2.82. The van der Waals surface area contributed by atoms with Gasteiger partial charge in [0.25, 0.3) is 0 Å². The third kappa shape index (κ3) is 3.17. The van der Waals surface area contributed by atoms with E-state index in [1.807, 2.05) is 50.4 Å². The molecule has 2 aromatic rings. The standard InChI is InChI=1S/C13H15N3O/c1-11(2)17-13(8-16-10-14-9-15-16)12-6-4-3-5-7-12/h3-11H,1-2H3. The minimum absolute atomic E-state index is 0.116. The van der Waals surface area contributed by atoms with Crippen molar-refractivity contribution in [1.82, 2.24) is 14.8 Å². The van der Waals surface area contributed by atoms with Gasteiger partial charge in [-0.15, -0.1) is 0 Å². The second-order valence-corrected chi connectivity index (χ2v) is 3.90. The zero-order chi connectivity index (χ0) is 12.1. The monoisotopic (exact) mass is 229 g/mol. The van der Waals surface area contributed by atoms with Crippen LogP contribution in [0.3, 0.4) is 0 Å². The number of rotatable bonds is 4. The molecule has 0 aliphatic carbocycles. The zero-order valence-corrected chi connectivity index (χ0v) is 9.95. The molecule has 1 aromatic carbocycles. The highest BCUT2D eigenvalue weighted by atomic mass is 16.5. The smallest absolute Gasteiger partial charge is 0.145 e. The van der Waals surface area contributed by atoms with E-state index in [-0.39, 0.29) is 6.10 Å². The first-order chi connectivity index (χ1) is 8.25. The summed E-state index contributed by atoms with van der Waals surface area (Å²) in [6.07, 6.45) is 5.06. The summed E-state index contributed by atoms with van der Waals surface area (Å²) in [6, 6.07) is 9.95. The zero-order valence-electron chi connectivity index (χ0n) is 9.95. The first kappa shape index (κ1) is 11.4. The molecular weight excluding hydrogens is 214 g/mol. The Kier molecular flexibility index (Phi) is 3.55. The van der Waals surface area contributed by atoms with E-state index in [2.05, 4.69) is 10.1 Å². The normalized spacial score (nSPS) is 11.8. The number of nitrogens with zero attached hydrogens (tertiary/aromatic N) is 3. The van der Waals surface area contributed by atoms with Crippen LogP contribution in [0.4, 0.5) is 0 Å². The van der Waals surface area contributed by atoms with Crippen LogP contribution in [-0.2, 0) is 4.74 Å². The van der Waals surface area contributed by atoms with E-state index in [4.69, 9.17) is 4.74 Å². The van der Waals surface area contributed by atoms with Crippen LogP contribution in [0.25, 0.3) is 12.0 Å². The SMILES string of the molecule is CC(C)OC(=Cn1cncn1)c1ccccc1. The summed E-state index contributed by atoms with van der Waals surface area (Å²) in [6.45, 7) is 4.00. The molecule has 0 saturated carbocycles. The summed E-state index contributed by atoms with van der Waals surface area (Å²) in [5.41, 5.74) is 1.02. The average molecular weight is 229 g/mol.